The number of oxazole rings is 2. The number of hydrogen-bond donors (Lipinski definition) is 9. The molecule has 9 amide bonds. The number of methoxy groups -OCH3 is 1. The van der Waals surface area contributed by atoms with Crippen molar-refractivity contribution in [2.45, 2.75) is 104 Å². The predicted octanol–water partition coefficient (Wildman–Crippen LogP) is 1.41. The van der Waals surface area contributed by atoms with Gasteiger partial charge in [0.05, 0.1) is 54.5 Å². The molecule has 1 aliphatic rings. The van der Waals surface area contributed by atoms with Crippen LogP contribution >= 0.6 is 12.6 Å². The molecule has 0 spiro atoms. The lowest BCUT2D eigenvalue weighted by molar-refractivity contribution is -0.147. The number of imidazole rings is 2. The van der Waals surface area contributed by atoms with Gasteiger partial charge in [0.15, 0.2) is 11.8 Å². The van der Waals surface area contributed by atoms with Gasteiger partial charge in [-0.25, -0.2) is 24.7 Å². The van der Waals surface area contributed by atoms with Crippen LogP contribution in [0.15, 0.2) is 45.3 Å². The van der Waals surface area contributed by atoms with E-state index in [0.29, 0.717) is 34.6 Å². The molecule has 2 aromatic carbocycles. The number of esters is 1. The van der Waals surface area contributed by atoms with Crippen molar-refractivity contribution in [2.24, 2.45) is 11.5 Å². The maximum absolute atomic E-state index is 13.9. The number of amides is 9. The van der Waals surface area contributed by atoms with E-state index in [1.165, 1.54) is 38.3 Å². The Kier molecular flexibility index (Phi) is 20.6. The van der Waals surface area contributed by atoms with Crippen LogP contribution in [0.2, 0.25) is 0 Å². The third kappa shape index (κ3) is 15.2. The Balaban J connectivity index is 1.06. The van der Waals surface area contributed by atoms with Gasteiger partial charge in [0.2, 0.25) is 64.8 Å². The standard InChI is InChI=1S/C54H62N14O17S/c1-7-30-44(84-26(4)59-30)49(77)64-53-62-33-18-28(46(55)74)20-35(81-6)42(33)66(53)14-9-10-15-67-43-34(63-54(67)65-50(78)45-31(8-2)60-27(5)85-45)19-29(47(56)75)21-36(43)82-16-11-17-83-52(80)25(3)58-38(69)23-57-48(76)32(12-13-41(72)73)61-39(70)24-68-40(71)22-37(86)51(68)79/h9-10,18-21,25,32,37,86H,7-8,11-17,22-24H2,1-6H3,(H2,55,74)(H2,56,75)(H,57,76)(H,58,69)(H,61,70)(H,72,73)(H,62,64,77)(H,63,65,78)/b10-9+/t25-,32-,37?/m1/s1. The number of primary amides is 2. The molecule has 0 radical (unpaired) electrons. The normalized spacial score (nSPS) is 13.8. The van der Waals surface area contributed by atoms with Crippen LogP contribution in [0.25, 0.3) is 22.1 Å². The number of rotatable bonds is 29. The molecule has 10 N–H and O–H groups in total. The largest absolute Gasteiger partial charge is 0.494 e. The summed E-state index contributed by atoms with van der Waals surface area (Å²) in [6, 6.07) is 2.92. The van der Waals surface area contributed by atoms with E-state index < -0.39 is 108 Å². The highest BCUT2D eigenvalue weighted by atomic mass is 32.1. The van der Waals surface area contributed by atoms with E-state index in [0.717, 1.165) is 0 Å². The van der Waals surface area contributed by atoms with Crippen LogP contribution < -0.4 is 47.5 Å². The number of carbonyl (C=O) groups excluding carboxylic acids is 10. The number of nitrogens with zero attached hydrogens (tertiary/aromatic N) is 7. The highest BCUT2D eigenvalue weighted by molar-refractivity contribution is 7.81. The average Bonchev–Trinajstić information content (AvgIpc) is 1.79. The number of aryl methyl sites for hydroxylation is 4. The molecule has 6 aromatic rings. The Labute approximate surface area is 493 Å². The van der Waals surface area contributed by atoms with Crippen LogP contribution in [0.1, 0.15) is 111 Å². The van der Waals surface area contributed by atoms with E-state index in [2.05, 4.69) is 59.1 Å². The molecule has 7 rings (SSSR count). The molecule has 86 heavy (non-hydrogen) atoms. The summed E-state index contributed by atoms with van der Waals surface area (Å²) in [6.45, 7) is 6.24. The number of allylic oxidation sites excluding steroid dienone is 2. The van der Waals surface area contributed by atoms with Crippen LogP contribution in [0, 0.1) is 13.8 Å². The minimum atomic E-state index is -1.48. The number of aliphatic carboxylic acids is 1. The summed E-state index contributed by atoms with van der Waals surface area (Å²) in [7, 11) is 1.39. The van der Waals surface area contributed by atoms with Crippen LogP contribution in [0.3, 0.4) is 0 Å². The molecule has 5 heterocycles. The van der Waals surface area contributed by atoms with Crippen molar-refractivity contribution in [1.82, 2.24) is 49.9 Å². The molecule has 3 atom stereocenters. The van der Waals surface area contributed by atoms with E-state index in [-0.39, 0.29) is 114 Å². The smallest absolute Gasteiger partial charge is 0.328 e. The quantitative estimate of drug-likeness (QED) is 0.0105. The monoisotopic (exact) mass is 1210 g/mol. The number of imide groups is 1. The van der Waals surface area contributed by atoms with Gasteiger partial charge in [0.25, 0.3) is 11.8 Å². The summed E-state index contributed by atoms with van der Waals surface area (Å²) < 4.78 is 31.7. The van der Waals surface area contributed by atoms with E-state index in [1.54, 1.807) is 42.1 Å². The predicted molar refractivity (Wildman–Crippen MR) is 304 cm³/mol. The first-order chi connectivity index (χ1) is 40.9. The molecule has 1 unspecified atom stereocenters. The van der Waals surface area contributed by atoms with Crippen molar-refractivity contribution in [3.8, 4) is 11.5 Å². The Bertz CT molecular complexity index is 3710. The third-order valence-corrected chi connectivity index (χ3v) is 13.5. The maximum atomic E-state index is 13.9. The fourth-order valence-electron chi connectivity index (χ4n) is 8.94. The summed E-state index contributed by atoms with van der Waals surface area (Å²) >= 11 is 4.00. The third-order valence-electron chi connectivity index (χ3n) is 13.1. The zero-order chi connectivity index (χ0) is 62.7. The van der Waals surface area contributed by atoms with E-state index in [9.17, 15) is 57.8 Å². The highest BCUT2D eigenvalue weighted by Gasteiger charge is 2.38. The van der Waals surface area contributed by atoms with Crippen molar-refractivity contribution in [2.75, 3.05) is 44.0 Å². The number of nitrogens with two attached hydrogens (primary N) is 2. The van der Waals surface area contributed by atoms with Crippen molar-refractivity contribution in [1.29, 1.82) is 0 Å². The second kappa shape index (κ2) is 28.0. The van der Waals surface area contributed by atoms with E-state index in [4.69, 9.17) is 34.5 Å². The second-order valence-electron chi connectivity index (χ2n) is 19.3. The number of anilines is 2. The van der Waals surface area contributed by atoms with Gasteiger partial charge in [0.1, 0.15) is 41.2 Å². The van der Waals surface area contributed by atoms with E-state index in [1.807, 2.05) is 6.92 Å². The van der Waals surface area contributed by atoms with Gasteiger partial charge in [-0.15, -0.1) is 0 Å². The van der Waals surface area contributed by atoms with Gasteiger partial charge in [-0.05, 0) is 50.5 Å². The lowest BCUT2D eigenvalue weighted by Crippen LogP contribution is -2.52. The SMILES string of the molecule is CCc1nc(C)oc1C(=O)Nc1nc2cc(C(N)=O)cc(OC)c2n1C/C=C/Cn1c(NC(=O)c2oc(C)nc2CC)nc2cc(C(N)=O)cc(OCCCOC(=O)[C@@H](C)NC(=O)CNC(=O)[C@@H](CCC(=O)O)NC(=O)CN3C(=O)CC(S)C3=O)c21. The van der Waals surface area contributed by atoms with Gasteiger partial charge in [-0.1, -0.05) is 26.0 Å². The molecular weight excluding hydrogens is 1150 g/mol. The number of aromatic nitrogens is 6. The zero-order valence-corrected chi connectivity index (χ0v) is 48.3. The van der Waals surface area contributed by atoms with Crippen molar-refractivity contribution in [3.05, 3.63) is 82.2 Å². The summed E-state index contributed by atoms with van der Waals surface area (Å²) in [5.41, 5.74) is 13.3. The fourth-order valence-corrected chi connectivity index (χ4v) is 9.24. The summed E-state index contributed by atoms with van der Waals surface area (Å²) in [4.78, 5) is 158. The fraction of sp³-hybridized carbons (Fsp3) is 0.389. The molecule has 31 nitrogen and oxygen atoms in total. The number of carboxylic acid groups (broad SMARTS) is 1. The summed E-state index contributed by atoms with van der Waals surface area (Å²) in [5, 5.41) is 20.7. The molecule has 1 aliphatic heterocycles. The van der Waals surface area contributed by atoms with Gasteiger partial charge in [-0.2, -0.15) is 12.6 Å². The number of nitrogens with one attached hydrogen (secondary N) is 5. The van der Waals surface area contributed by atoms with Gasteiger partial charge in [-0.3, -0.25) is 63.5 Å². The lowest BCUT2D eigenvalue weighted by atomic mass is 10.1. The summed E-state index contributed by atoms with van der Waals surface area (Å²) in [6.07, 6.45) is 3.01. The molecule has 4 aromatic heterocycles. The second-order valence-corrected chi connectivity index (χ2v) is 19.9. The molecule has 0 aliphatic carbocycles. The average molecular weight is 1210 g/mol. The number of carbonyl (C=O) groups is 11. The van der Waals surface area contributed by atoms with E-state index >= 15 is 0 Å². The molecule has 32 heteroatoms. The molecule has 0 bridgehead atoms. The van der Waals surface area contributed by atoms with Gasteiger partial charge in [0, 0.05) is 57.3 Å². The summed E-state index contributed by atoms with van der Waals surface area (Å²) in [5.74, 6) is -8.50. The van der Waals surface area contributed by atoms with Crippen molar-refractivity contribution >= 4 is 112 Å². The van der Waals surface area contributed by atoms with Crippen LogP contribution in [0.4, 0.5) is 11.9 Å². The number of carboxylic acids is 1. The number of fused-ring (bicyclic) bond motifs is 2. The Morgan fingerprint density at radius 3 is 1.80 bits per heavy atom. The molecule has 456 valence electrons. The highest BCUT2D eigenvalue weighted by Crippen LogP contribution is 2.34. The molecule has 0 saturated carbocycles. The van der Waals surface area contributed by atoms with Crippen molar-refractivity contribution in [3.63, 3.8) is 0 Å². The first-order valence-corrected chi connectivity index (χ1v) is 27.3. The van der Waals surface area contributed by atoms with Crippen LogP contribution in [-0.2, 0) is 64.2 Å². The van der Waals surface area contributed by atoms with Crippen LogP contribution in [-0.4, -0.2) is 155 Å². The number of ether oxygens (including phenoxy) is 3. The minimum Gasteiger partial charge on any atom is -0.494 e. The number of likely N-dealkylation sites (tertiary alicyclic amines) is 1. The van der Waals surface area contributed by atoms with Gasteiger partial charge < -0.3 is 64.7 Å². The number of benzene rings is 2. The zero-order valence-electron chi connectivity index (χ0n) is 47.4. The van der Waals surface area contributed by atoms with Gasteiger partial charge >= 0.3 is 11.9 Å². The number of hydrogen-bond acceptors (Lipinski definition) is 21. The molecule has 1 fully saturated rings. The Hall–Kier alpha value is -10.1. The lowest BCUT2D eigenvalue weighted by Gasteiger charge is -2.20. The Morgan fingerprint density at radius 1 is 0.779 bits per heavy atom. The molecular formula is C54H62N14O17S. The van der Waals surface area contributed by atoms with Crippen LogP contribution in [0.5, 0.6) is 11.5 Å². The Morgan fingerprint density at radius 2 is 1.31 bits per heavy atom. The first kappa shape index (κ1) is 63.4. The number of thiol groups is 1. The molecule has 1 saturated heterocycles. The topological polar surface area (TPSA) is 439 Å². The minimum absolute atomic E-state index is 0.0122. The maximum Gasteiger partial charge on any atom is 0.328 e. The first-order valence-electron chi connectivity index (χ1n) is 26.7. The van der Waals surface area contributed by atoms with Crippen molar-refractivity contribution < 1.29 is 80.9 Å².